The van der Waals surface area contributed by atoms with E-state index in [0.717, 1.165) is 27.5 Å². The van der Waals surface area contributed by atoms with Gasteiger partial charge in [0, 0.05) is 17.3 Å². The van der Waals surface area contributed by atoms with Crippen LogP contribution in [-0.4, -0.2) is 52.4 Å². The molecular weight excluding hydrogens is 350 g/mol. The van der Waals surface area contributed by atoms with Crippen LogP contribution in [0.3, 0.4) is 0 Å². The fourth-order valence-corrected chi connectivity index (χ4v) is 2.75. The average Bonchev–Trinajstić information content (AvgIpc) is 3.22. The number of carbonyl (C=O) groups is 3. The summed E-state index contributed by atoms with van der Waals surface area (Å²) in [5.41, 5.74) is 3.35. The topological polar surface area (TPSA) is 90.7 Å². The first kappa shape index (κ1) is 18.4. The number of carbonyl (C=O) groups excluding carboxylic acids is 3. The molecule has 2 amide bonds. The third-order valence-electron chi connectivity index (χ3n) is 4.13. The van der Waals surface area contributed by atoms with Gasteiger partial charge in [0.25, 0.3) is 5.91 Å². The predicted molar refractivity (Wildman–Crippen MR) is 96.1 cm³/mol. The zero-order chi connectivity index (χ0) is 19.4. The van der Waals surface area contributed by atoms with Crippen LogP contribution in [0.1, 0.15) is 17.0 Å². The fourth-order valence-electron chi connectivity index (χ4n) is 2.75. The van der Waals surface area contributed by atoms with Crippen molar-refractivity contribution in [1.29, 1.82) is 0 Å². The second-order valence-electron chi connectivity index (χ2n) is 5.93. The molecule has 8 heteroatoms. The van der Waals surface area contributed by atoms with E-state index < -0.39 is 24.6 Å². The Morgan fingerprint density at radius 1 is 1.26 bits per heavy atom. The number of hydrogen-bond donors (Lipinski definition) is 0. The minimum absolute atomic E-state index is 0.155. The molecule has 0 radical (unpaired) electrons. The number of benzene rings is 1. The van der Waals surface area contributed by atoms with E-state index in [-0.39, 0.29) is 13.2 Å². The van der Waals surface area contributed by atoms with Crippen molar-refractivity contribution in [2.24, 2.45) is 0 Å². The molecule has 1 aromatic heterocycles. The van der Waals surface area contributed by atoms with Gasteiger partial charge in [-0.25, -0.2) is 19.2 Å². The Balaban J connectivity index is 1.64. The van der Waals surface area contributed by atoms with Gasteiger partial charge in [0.2, 0.25) is 0 Å². The first-order valence-electron chi connectivity index (χ1n) is 8.41. The van der Waals surface area contributed by atoms with Gasteiger partial charge in [0.05, 0.1) is 17.9 Å². The average molecular weight is 369 g/mol. The number of cyclic esters (lactones) is 1. The Kier molecular flexibility index (Phi) is 5.35. The molecular formula is C19H19N3O5. The van der Waals surface area contributed by atoms with E-state index in [0.29, 0.717) is 0 Å². The molecule has 0 unspecified atom stereocenters. The van der Waals surface area contributed by atoms with Gasteiger partial charge in [0.15, 0.2) is 6.61 Å². The Bertz CT molecular complexity index is 902. The first-order valence-corrected chi connectivity index (χ1v) is 8.41. The lowest BCUT2D eigenvalue weighted by Crippen LogP contribution is -2.35. The normalized spacial score (nSPS) is 13.9. The predicted octanol–water partition coefficient (Wildman–Crippen LogP) is 2.02. The van der Waals surface area contributed by atoms with Crippen molar-refractivity contribution in [3.8, 4) is 5.69 Å². The molecule has 27 heavy (non-hydrogen) atoms. The van der Waals surface area contributed by atoms with Gasteiger partial charge in [-0.05, 0) is 32.1 Å². The Morgan fingerprint density at radius 2 is 2.00 bits per heavy atom. The monoisotopic (exact) mass is 369 g/mol. The van der Waals surface area contributed by atoms with Gasteiger partial charge in [-0.2, -0.15) is 5.10 Å². The van der Waals surface area contributed by atoms with Gasteiger partial charge in [0.1, 0.15) is 6.61 Å². The summed E-state index contributed by atoms with van der Waals surface area (Å²) in [6.45, 7) is 3.56. The van der Waals surface area contributed by atoms with Crippen LogP contribution in [0.5, 0.6) is 0 Å². The first-order chi connectivity index (χ1) is 13.0. The van der Waals surface area contributed by atoms with Crippen LogP contribution in [0.25, 0.3) is 11.8 Å². The number of nitrogens with zero attached hydrogens (tertiary/aromatic N) is 3. The van der Waals surface area contributed by atoms with Gasteiger partial charge in [-0.15, -0.1) is 0 Å². The summed E-state index contributed by atoms with van der Waals surface area (Å²) < 4.78 is 11.4. The lowest BCUT2D eigenvalue weighted by atomic mass is 10.2. The van der Waals surface area contributed by atoms with E-state index in [4.69, 9.17) is 4.74 Å². The summed E-state index contributed by atoms with van der Waals surface area (Å²) in [6, 6.07) is 9.65. The lowest BCUT2D eigenvalue weighted by molar-refractivity contribution is -0.146. The molecule has 2 aromatic rings. The van der Waals surface area contributed by atoms with Gasteiger partial charge in [-0.3, -0.25) is 4.79 Å². The minimum atomic E-state index is -0.717. The van der Waals surface area contributed by atoms with E-state index in [1.807, 2.05) is 44.2 Å². The van der Waals surface area contributed by atoms with Crippen LogP contribution in [0.4, 0.5) is 4.79 Å². The Hall–Kier alpha value is -3.42. The maximum absolute atomic E-state index is 11.9. The van der Waals surface area contributed by atoms with Crippen LogP contribution in [0.2, 0.25) is 0 Å². The molecule has 140 valence electrons. The number of amides is 2. The van der Waals surface area contributed by atoms with E-state index in [1.165, 1.54) is 6.08 Å². The van der Waals surface area contributed by atoms with E-state index in [2.05, 4.69) is 9.84 Å². The zero-order valence-electron chi connectivity index (χ0n) is 15.0. The summed E-state index contributed by atoms with van der Waals surface area (Å²) in [4.78, 5) is 35.9. The number of hydrogen-bond acceptors (Lipinski definition) is 6. The Labute approximate surface area is 156 Å². The summed E-state index contributed by atoms with van der Waals surface area (Å²) in [5.74, 6) is -1.29. The minimum Gasteiger partial charge on any atom is -0.452 e. The van der Waals surface area contributed by atoms with Crippen molar-refractivity contribution in [2.75, 3.05) is 19.8 Å². The number of ether oxygens (including phenoxy) is 2. The molecule has 1 aromatic carbocycles. The quantitative estimate of drug-likeness (QED) is 0.592. The van der Waals surface area contributed by atoms with Crippen LogP contribution in [-0.2, 0) is 19.1 Å². The van der Waals surface area contributed by atoms with E-state index >= 15 is 0 Å². The lowest BCUT2D eigenvalue weighted by Gasteiger charge is -2.09. The van der Waals surface area contributed by atoms with Crippen molar-refractivity contribution >= 4 is 24.0 Å². The number of esters is 1. The summed E-state index contributed by atoms with van der Waals surface area (Å²) in [5, 5.41) is 4.49. The molecule has 1 aliphatic heterocycles. The Morgan fingerprint density at radius 3 is 2.67 bits per heavy atom. The molecule has 1 aliphatic rings. The summed E-state index contributed by atoms with van der Waals surface area (Å²) in [6.07, 6.45) is 2.13. The zero-order valence-corrected chi connectivity index (χ0v) is 15.0. The van der Waals surface area contributed by atoms with Crippen molar-refractivity contribution in [3.05, 3.63) is 53.4 Å². The van der Waals surface area contributed by atoms with Crippen LogP contribution in [0, 0.1) is 13.8 Å². The van der Waals surface area contributed by atoms with Crippen LogP contribution >= 0.6 is 0 Å². The second kappa shape index (κ2) is 7.86. The summed E-state index contributed by atoms with van der Waals surface area (Å²) in [7, 11) is 0. The molecule has 0 N–H and O–H groups in total. The third-order valence-corrected chi connectivity index (χ3v) is 4.13. The van der Waals surface area contributed by atoms with Crippen molar-refractivity contribution < 1.29 is 23.9 Å². The van der Waals surface area contributed by atoms with Crippen LogP contribution < -0.4 is 0 Å². The molecule has 0 aliphatic carbocycles. The molecule has 0 atom stereocenters. The van der Waals surface area contributed by atoms with Gasteiger partial charge < -0.3 is 9.47 Å². The molecule has 0 bridgehead atoms. The van der Waals surface area contributed by atoms with Crippen molar-refractivity contribution in [1.82, 2.24) is 14.7 Å². The number of imide groups is 1. The highest BCUT2D eigenvalue weighted by atomic mass is 16.6. The highest BCUT2D eigenvalue weighted by Gasteiger charge is 2.28. The molecule has 2 heterocycles. The number of aromatic nitrogens is 2. The highest BCUT2D eigenvalue weighted by Crippen LogP contribution is 2.19. The largest absolute Gasteiger partial charge is 0.452 e. The van der Waals surface area contributed by atoms with Crippen LogP contribution in [0.15, 0.2) is 36.4 Å². The van der Waals surface area contributed by atoms with Gasteiger partial charge in [-0.1, -0.05) is 18.2 Å². The second-order valence-corrected chi connectivity index (χ2v) is 5.93. The maximum Gasteiger partial charge on any atom is 0.416 e. The SMILES string of the molecule is Cc1nn(-c2ccccc2)c(C)c1/C=C/C(=O)OCC(=O)N1CCOC1=O. The smallest absolute Gasteiger partial charge is 0.416 e. The molecule has 3 rings (SSSR count). The number of rotatable bonds is 5. The molecule has 1 saturated heterocycles. The van der Waals surface area contributed by atoms with E-state index in [9.17, 15) is 14.4 Å². The third kappa shape index (κ3) is 4.05. The highest BCUT2D eigenvalue weighted by molar-refractivity contribution is 5.95. The van der Waals surface area contributed by atoms with Gasteiger partial charge >= 0.3 is 12.1 Å². The standard InChI is InChI=1S/C19H19N3O5/c1-13-16(14(2)22(20-13)15-6-4-3-5-7-15)8-9-18(24)27-12-17(23)21-10-11-26-19(21)25/h3-9H,10-12H2,1-2H3/b9-8+. The van der Waals surface area contributed by atoms with Crippen molar-refractivity contribution in [2.45, 2.75) is 13.8 Å². The van der Waals surface area contributed by atoms with Crippen molar-refractivity contribution in [3.63, 3.8) is 0 Å². The van der Waals surface area contributed by atoms with E-state index in [1.54, 1.807) is 10.8 Å². The summed E-state index contributed by atoms with van der Waals surface area (Å²) >= 11 is 0. The number of para-hydroxylation sites is 1. The maximum atomic E-state index is 11.9. The molecule has 0 spiro atoms. The molecule has 8 nitrogen and oxygen atoms in total. The fraction of sp³-hybridized carbons (Fsp3) is 0.263. The number of aryl methyl sites for hydroxylation is 1. The molecule has 1 fully saturated rings. The molecule has 0 saturated carbocycles.